The van der Waals surface area contributed by atoms with Crippen LogP contribution >= 0.6 is 46.6 Å². The van der Waals surface area contributed by atoms with Gasteiger partial charge in [0, 0.05) is 10.6 Å². The molecular formula is C12H11F2N3OS4. The highest BCUT2D eigenvalue weighted by atomic mass is 32.2. The van der Waals surface area contributed by atoms with Crippen molar-refractivity contribution in [2.45, 2.75) is 25.1 Å². The number of alkyl halides is 2. The molecule has 1 amide bonds. The molecule has 2 aromatic rings. The number of nitrogens with zero attached hydrogens (tertiary/aromatic N) is 2. The number of halogens is 2. The number of rotatable bonds is 8. The van der Waals surface area contributed by atoms with Crippen LogP contribution in [0.15, 0.2) is 37.8 Å². The normalized spacial score (nSPS) is 11.0. The van der Waals surface area contributed by atoms with Crippen LogP contribution in [0.3, 0.4) is 0 Å². The first-order valence-corrected chi connectivity index (χ1v) is 9.61. The van der Waals surface area contributed by atoms with Gasteiger partial charge in [-0.05, 0) is 17.7 Å². The number of nitrogens with two attached hydrogens (primary N) is 1. The van der Waals surface area contributed by atoms with Crippen molar-refractivity contribution in [2.75, 3.05) is 5.75 Å². The van der Waals surface area contributed by atoms with Gasteiger partial charge in [0.05, 0.1) is 5.75 Å². The Morgan fingerprint density at radius 2 is 1.82 bits per heavy atom. The summed E-state index contributed by atoms with van der Waals surface area (Å²) >= 11 is 4.70. The molecular weight excluding hydrogens is 368 g/mol. The largest absolute Gasteiger partial charge is 0.369 e. The van der Waals surface area contributed by atoms with Gasteiger partial charge in [-0.25, -0.2) is 0 Å². The van der Waals surface area contributed by atoms with Crippen molar-refractivity contribution in [2.24, 2.45) is 5.73 Å². The molecule has 0 saturated heterocycles. The maximum absolute atomic E-state index is 12.2. The molecule has 0 aliphatic rings. The predicted molar refractivity (Wildman–Crippen MR) is 87.7 cm³/mol. The zero-order chi connectivity index (χ0) is 15.9. The van der Waals surface area contributed by atoms with Crippen LogP contribution in [0, 0.1) is 0 Å². The van der Waals surface area contributed by atoms with E-state index in [9.17, 15) is 13.6 Å². The molecule has 0 fully saturated rings. The molecule has 0 saturated carbocycles. The molecule has 1 aromatic heterocycles. The Bertz CT molecular complexity index is 621. The molecule has 4 nitrogen and oxygen atoms in total. The lowest BCUT2D eigenvalue weighted by Crippen LogP contribution is -2.12. The molecule has 0 bridgehead atoms. The van der Waals surface area contributed by atoms with E-state index in [-0.39, 0.29) is 5.75 Å². The molecule has 22 heavy (non-hydrogen) atoms. The maximum atomic E-state index is 12.2. The SMILES string of the molecule is NC(=O)CSc1nnc(SCc2ccc(SC(F)F)cc2)s1. The molecule has 1 aromatic carbocycles. The zero-order valence-electron chi connectivity index (χ0n) is 11.1. The van der Waals surface area contributed by atoms with E-state index >= 15 is 0 Å². The minimum Gasteiger partial charge on any atom is -0.369 e. The lowest BCUT2D eigenvalue weighted by molar-refractivity contribution is -0.115. The molecule has 118 valence electrons. The highest BCUT2D eigenvalue weighted by Crippen LogP contribution is 2.31. The van der Waals surface area contributed by atoms with Gasteiger partial charge in [-0.1, -0.05) is 58.8 Å². The molecule has 0 spiro atoms. The van der Waals surface area contributed by atoms with Crippen LogP contribution in [-0.4, -0.2) is 27.6 Å². The van der Waals surface area contributed by atoms with Gasteiger partial charge in [0.2, 0.25) is 5.91 Å². The number of benzene rings is 1. The smallest absolute Gasteiger partial charge is 0.288 e. The third-order valence-corrected chi connectivity index (χ3v) is 6.24. The summed E-state index contributed by atoms with van der Waals surface area (Å²) in [6.45, 7) is 0. The third kappa shape index (κ3) is 6.11. The summed E-state index contributed by atoms with van der Waals surface area (Å²) in [6.07, 6.45) is 0. The van der Waals surface area contributed by atoms with E-state index < -0.39 is 11.7 Å². The van der Waals surface area contributed by atoms with Gasteiger partial charge >= 0.3 is 0 Å². The van der Waals surface area contributed by atoms with Crippen molar-refractivity contribution >= 4 is 52.5 Å². The highest BCUT2D eigenvalue weighted by Gasteiger charge is 2.08. The Morgan fingerprint density at radius 3 is 2.41 bits per heavy atom. The number of primary amides is 1. The summed E-state index contributed by atoms with van der Waals surface area (Å²) in [5.41, 5.74) is 6.09. The summed E-state index contributed by atoms with van der Waals surface area (Å²) in [5.74, 6) is -1.94. The first kappa shape index (κ1) is 17.5. The monoisotopic (exact) mass is 379 g/mol. The Balaban J connectivity index is 1.83. The minimum atomic E-state index is -2.40. The van der Waals surface area contributed by atoms with Gasteiger partial charge in [-0.15, -0.1) is 10.2 Å². The summed E-state index contributed by atoms with van der Waals surface area (Å²) in [5, 5.41) is 7.98. The van der Waals surface area contributed by atoms with Crippen molar-refractivity contribution in [3.05, 3.63) is 29.8 Å². The van der Waals surface area contributed by atoms with Crippen molar-refractivity contribution in [1.29, 1.82) is 0 Å². The molecule has 0 unspecified atom stereocenters. The molecule has 2 N–H and O–H groups in total. The molecule has 2 rings (SSSR count). The zero-order valence-corrected chi connectivity index (χ0v) is 14.3. The highest BCUT2D eigenvalue weighted by molar-refractivity contribution is 8.03. The molecule has 10 heteroatoms. The summed E-state index contributed by atoms with van der Waals surface area (Å²) in [7, 11) is 0. The van der Waals surface area contributed by atoms with Gasteiger partial charge in [-0.3, -0.25) is 4.79 Å². The lowest BCUT2D eigenvalue weighted by atomic mass is 10.2. The van der Waals surface area contributed by atoms with Crippen molar-refractivity contribution in [3.8, 4) is 0 Å². The Hall–Kier alpha value is -0.840. The quantitative estimate of drug-likeness (QED) is 0.705. The Labute approximate surface area is 142 Å². The van der Waals surface area contributed by atoms with Crippen LogP contribution in [0.2, 0.25) is 0 Å². The van der Waals surface area contributed by atoms with Gasteiger partial charge in [-0.2, -0.15) is 8.78 Å². The van der Waals surface area contributed by atoms with Gasteiger partial charge in [0.15, 0.2) is 8.68 Å². The lowest BCUT2D eigenvalue weighted by Gasteiger charge is -2.02. The molecule has 0 aliphatic heterocycles. The summed E-state index contributed by atoms with van der Waals surface area (Å²) < 4.78 is 25.9. The van der Waals surface area contributed by atoms with E-state index in [1.54, 1.807) is 12.1 Å². The van der Waals surface area contributed by atoms with E-state index in [0.29, 0.717) is 26.7 Å². The second kappa shape index (κ2) is 8.70. The maximum Gasteiger partial charge on any atom is 0.288 e. The van der Waals surface area contributed by atoms with Crippen LogP contribution in [0.1, 0.15) is 5.56 Å². The number of amides is 1. The van der Waals surface area contributed by atoms with E-state index in [4.69, 9.17) is 5.73 Å². The van der Waals surface area contributed by atoms with Gasteiger partial charge in [0.25, 0.3) is 5.76 Å². The van der Waals surface area contributed by atoms with E-state index in [1.165, 1.54) is 34.9 Å². The van der Waals surface area contributed by atoms with Crippen LogP contribution in [0.5, 0.6) is 0 Å². The topological polar surface area (TPSA) is 68.9 Å². The first-order chi connectivity index (χ1) is 10.5. The fourth-order valence-corrected chi connectivity index (χ4v) is 4.57. The number of hydrogen-bond acceptors (Lipinski definition) is 7. The molecule has 0 radical (unpaired) electrons. The number of aromatic nitrogens is 2. The molecule has 1 heterocycles. The number of carbonyl (C=O) groups excluding carboxylic acids is 1. The summed E-state index contributed by atoms with van der Waals surface area (Å²) in [4.78, 5) is 11.2. The van der Waals surface area contributed by atoms with Crippen LogP contribution in [0.25, 0.3) is 0 Å². The average Bonchev–Trinajstić information content (AvgIpc) is 2.92. The van der Waals surface area contributed by atoms with Crippen molar-refractivity contribution in [3.63, 3.8) is 0 Å². The fraction of sp³-hybridized carbons (Fsp3) is 0.250. The Kier molecular flexibility index (Phi) is 6.93. The van der Waals surface area contributed by atoms with Gasteiger partial charge in [0.1, 0.15) is 0 Å². The second-order valence-corrected chi connectivity index (χ2v) is 8.39. The van der Waals surface area contributed by atoms with E-state index in [0.717, 1.165) is 9.90 Å². The first-order valence-electron chi connectivity index (χ1n) is 5.94. The minimum absolute atomic E-state index is 0.183. The number of carbonyl (C=O) groups is 1. The number of thioether (sulfide) groups is 3. The second-order valence-electron chi connectivity index (χ2n) is 3.90. The predicted octanol–water partition coefficient (Wildman–Crippen LogP) is 3.72. The van der Waals surface area contributed by atoms with E-state index in [2.05, 4.69) is 10.2 Å². The van der Waals surface area contributed by atoms with Gasteiger partial charge < -0.3 is 5.73 Å². The third-order valence-electron chi connectivity index (χ3n) is 2.24. The van der Waals surface area contributed by atoms with Crippen LogP contribution in [-0.2, 0) is 10.5 Å². The molecule has 0 aliphatic carbocycles. The van der Waals surface area contributed by atoms with Crippen LogP contribution < -0.4 is 5.73 Å². The number of hydrogen-bond donors (Lipinski definition) is 1. The van der Waals surface area contributed by atoms with Crippen molar-refractivity contribution in [1.82, 2.24) is 10.2 Å². The fourth-order valence-electron chi connectivity index (χ4n) is 1.36. The average molecular weight is 380 g/mol. The van der Waals surface area contributed by atoms with Crippen molar-refractivity contribution < 1.29 is 13.6 Å². The standard InChI is InChI=1S/C12H11F2N3OS4/c13-10(14)21-8-3-1-7(2-4-8)5-19-11-16-17-12(22-11)20-6-9(15)18/h1-4,10H,5-6H2,(H2,15,18). The summed E-state index contributed by atoms with van der Waals surface area (Å²) in [6, 6.07) is 7.00. The van der Waals surface area contributed by atoms with E-state index in [1.807, 2.05) is 12.1 Å². The molecule has 0 atom stereocenters. The Morgan fingerprint density at radius 1 is 1.18 bits per heavy atom. The van der Waals surface area contributed by atoms with Crippen LogP contribution in [0.4, 0.5) is 8.78 Å².